The number of sulfone groups is 1. The summed E-state index contributed by atoms with van der Waals surface area (Å²) in [4.78, 5) is 9.76. The van der Waals surface area contributed by atoms with Gasteiger partial charge in [-0.3, -0.25) is 4.90 Å². The number of hydrogen-bond acceptors (Lipinski definition) is 8. The highest BCUT2D eigenvalue weighted by Gasteiger charge is 2.45. The Morgan fingerprint density at radius 3 is 2.47 bits per heavy atom. The highest BCUT2D eigenvalue weighted by molar-refractivity contribution is 7.90. The van der Waals surface area contributed by atoms with E-state index in [0.29, 0.717) is 56.0 Å². The van der Waals surface area contributed by atoms with E-state index < -0.39 is 16.4 Å². The Morgan fingerprint density at radius 2 is 1.79 bits per heavy atom. The number of piperidine rings is 1. The van der Waals surface area contributed by atoms with Crippen molar-refractivity contribution in [3.8, 4) is 28.3 Å². The van der Waals surface area contributed by atoms with Crippen molar-refractivity contribution in [3.05, 3.63) is 84.6 Å². The Bertz CT molecular complexity index is 1990. The van der Waals surface area contributed by atoms with Gasteiger partial charge in [0.25, 0.3) is 0 Å². The average molecular weight is 601 g/mol. The summed E-state index contributed by atoms with van der Waals surface area (Å²) in [5.41, 5.74) is 4.40. The first-order chi connectivity index (χ1) is 20.7. The number of aromatic nitrogens is 5. The maximum absolute atomic E-state index is 13.1. The smallest absolute Gasteiger partial charge is 0.333 e. The van der Waals surface area contributed by atoms with E-state index in [-0.39, 0.29) is 0 Å². The zero-order valence-corrected chi connectivity index (χ0v) is 23.9. The number of hydrogen-bond donors (Lipinski definition) is 0. The molecule has 8 rings (SSSR count). The molecule has 3 aliphatic rings. The molecule has 218 valence electrons. The lowest BCUT2D eigenvalue weighted by molar-refractivity contribution is -0.00931. The zero-order valence-electron chi connectivity index (χ0n) is 23.0. The molecule has 0 N–H and O–H groups in total. The molecule has 2 atom stereocenters. The summed E-state index contributed by atoms with van der Waals surface area (Å²) >= 11 is 0. The van der Waals surface area contributed by atoms with Crippen LogP contribution in [0.4, 0.5) is 14.6 Å². The van der Waals surface area contributed by atoms with E-state index in [1.807, 2.05) is 30.3 Å². The molecule has 0 aliphatic carbocycles. The van der Waals surface area contributed by atoms with E-state index >= 15 is 0 Å². The number of nitriles is 1. The van der Waals surface area contributed by atoms with E-state index in [1.165, 1.54) is 24.8 Å². The van der Waals surface area contributed by atoms with E-state index in [9.17, 15) is 22.5 Å². The molecule has 43 heavy (non-hydrogen) atoms. The lowest BCUT2D eigenvalue weighted by Crippen LogP contribution is -2.68. The summed E-state index contributed by atoms with van der Waals surface area (Å²) in [6.45, 7) is -0.606. The Kier molecular flexibility index (Phi) is 6.48. The minimum Gasteiger partial charge on any atom is -0.353 e. The number of anilines is 1. The molecule has 7 heterocycles. The highest BCUT2D eigenvalue weighted by Crippen LogP contribution is 2.37. The molecule has 1 aromatic carbocycles. The van der Waals surface area contributed by atoms with Crippen molar-refractivity contribution < 1.29 is 17.2 Å². The predicted molar refractivity (Wildman–Crippen MR) is 155 cm³/mol. The van der Waals surface area contributed by atoms with Gasteiger partial charge >= 0.3 is 6.55 Å². The predicted octanol–water partition coefficient (Wildman–Crippen LogP) is 4.39. The van der Waals surface area contributed by atoms with Crippen LogP contribution in [-0.2, 0) is 16.4 Å². The summed E-state index contributed by atoms with van der Waals surface area (Å²) in [6.07, 6.45) is 9.87. The molecule has 3 fully saturated rings. The first-order valence-electron chi connectivity index (χ1n) is 13.7. The van der Waals surface area contributed by atoms with Gasteiger partial charge in [0.2, 0.25) is 0 Å². The van der Waals surface area contributed by atoms with Gasteiger partial charge < -0.3 is 4.90 Å². The van der Waals surface area contributed by atoms with Crippen molar-refractivity contribution in [2.45, 2.75) is 36.5 Å². The van der Waals surface area contributed by atoms with Gasteiger partial charge in [0.1, 0.15) is 11.9 Å². The molecule has 2 bridgehead atoms. The second kappa shape index (κ2) is 10.3. The quantitative estimate of drug-likeness (QED) is 0.270. The standard InChI is InChI=1S/C30H26F2N8O2S/c1-43(41,42)27-5-3-2-4-20(27)14-38-24-9-25(38)18-37(17-24)28-7-6-19(11-34-28)26-8-21(23-13-36-40(16-23)30(31)32)15-39-29(26)22(10-33)12-35-39/h2-8,11-13,15-16,24-25,30H,9,14,17-18H2,1H3. The third-order valence-corrected chi connectivity index (χ3v) is 9.52. The van der Waals surface area contributed by atoms with Gasteiger partial charge in [-0.15, -0.1) is 0 Å². The van der Waals surface area contributed by atoms with Gasteiger partial charge in [-0.1, -0.05) is 18.2 Å². The van der Waals surface area contributed by atoms with Crippen molar-refractivity contribution >= 4 is 21.2 Å². The van der Waals surface area contributed by atoms with Crippen LogP contribution in [0, 0.1) is 11.3 Å². The molecule has 3 aliphatic heterocycles. The van der Waals surface area contributed by atoms with Crippen LogP contribution < -0.4 is 4.90 Å². The molecule has 0 amide bonds. The van der Waals surface area contributed by atoms with Gasteiger partial charge in [0.05, 0.1) is 28.4 Å². The van der Waals surface area contributed by atoms with E-state index in [2.05, 4.69) is 26.1 Å². The third-order valence-electron chi connectivity index (χ3n) is 8.32. The summed E-state index contributed by atoms with van der Waals surface area (Å²) in [6, 6.07) is 15.7. The molecule has 0 spiro atoms. The lowest BCUT2D eigenvalue weighted by atomic mass is 9.86. The minimum absolute atomic E-state index is 0.295. The molecule has 2 unspecified atom stereocenters. The summed E-state index contributed by atoms with van der Waals surface area (Å²) < 4.78 is 53.0. The number of benzene rings is 1. The number of piperazine rings is 1. The number of fused-ring (bicyclic) bond motifs is 3. The van der Waals surface area contributed by atoms with Crippen molar-refractivity contribution in [1.82, 2.24) is 29.3 Å². The van der Waals surface area contributed by atoms with Crippen LogP contribution in [0.15, 0.2) is 78.3 Å². The van der Waals surface area contributed by atoms with Crippen LogP contribution in [0.2, 0.25) is 0 Å². The first kappa shape index (κ1) is 27.2. The number of alkyl halides is 2. The Labute approximate surface area is 246 Å². The molecule has 0 saturated carbocycles. The normalized spacial score (nSPS) is 18.6. The first-order valence-corrected chi connectivity index (χ1v) is 15.6. The van der Waals surface area contributed by atoms with Crippen LogP contribution >= 0.6 is 0 Å². The molecule has 5 aromatic rings. The van der Waals surface area contributed by atoms with Gasteiger partial charge in [-0.2, -0.15) is 24.2 Å². The summed E-state index contributed by atoms with van der Waals surface area (Å²) in [5.74, 6) is 0.828. The molecule has 0 radical (unpaired) electrons. The van der Waals surface area contributed by atoms with Gasteiger partial charge in [-0.25, -0.2) is 22.6 Å². The average Bonchev–Trinajstić information content (AvgIpc) is 3.67. The SMILES string of the molecule is CS(=O)(=O)c1ccccc1CN1C2CC1CN(c1ccc(-c3cc(-c4cnn(C(F)F)c4)cn4ncc(C#N)c34)cn1)C2. The van der Waals surface area contributed by atoms with Gasteiger partial charge in [0.15, 0.2) is 9.84 Å². The van der Waals surface area contributed by atoms with Gasteiger partial charge in [-0.05, 0) is 36.2 Å². The molecular weight excluding hydrogens is 574 g/mol. The number of halogens is 2. The fourth-order valence-electron chi connectivity index (χ4n) is 6.23. The largest absolute Gasteiger partial charge is 0.353 e. The van der Waals surface area contributed by atoms with E-state index in [1.54, 1.807) is 29.0 Å². The van der Waals surface area contributed by atoms with Crippen LogP contribution in [0.25, 0.3) is 27.8 Å². The maximum atomic E-state index is 13.1. The number of nitrogens with zero attached hydrogens (tertiary/aromatic N) is 8. The van der Waals surface area contributed by atoms with Crippen molar-refractivity contribution in [3.63, 3.8) is 0 Å². The fraction of sp³-hybridized carbons (Fsp3) is 0.267. The highest BCUT2D eigenvalue weighted by atomic mass is 32.2. The topological polar surface area (TPSA) is 112 Å². The van der Waals surface area contributed by atoms with Crippen molar-refractivity contribution in [1.29, 1.82) is 5.26 Å². The molecule has 3 saturated heterocycles. The molecule has 4 aromatic heterocycles. The monoisotopic (exact) mass is 600 g/mol. The van der Waals surface area contributed by atoms with Crippen LogP contribution in [0.3, 0.4) is 0 Å². The van der Waals surface area contributed by atoms with Crippen LogP contribution in [-0.4, -0.2) is 69.1 Å². The Balaban J connectivity index is 1.14. The molecule has 10 nitrogen and oxygen atoms in total. The van der Waals surface area contributed by atoms with Gasteiger partial charge in [0, 0.05) is 78.8 Å². The second-order valence-electron chi connectivity index (χ2n) is 11.0. The number of pyridine rings is 2. The molecule has 13 heteroatoms. The fourth-order valence-corrected chi connectivity index (χ4v) is 7.17. The van der Waals surface area contributed by atoms with Crippen molar-refractivity contribution in [2.75, 3.05) is 24.2 Å². The van der Waals surface area contributed by atoms with Crippen LogP contribution in [0.1, 0.15) is 24.1 Å². The Hall–Kier alpha value is -4.67. The minimum atomic E-state index is -3.31. The summed E-state index contributed by atoms with van der Waals surface area (Å²) in [5, 5.41) is 17.8. The zero-order chi connectivity index (χ0) is 29.9. The lowest BCUT2D eigenvalue weighted by Gasteiger charge is -2.56. The summed E-state index contributed by atoms with van der Waals surface area (Å²) in [7, 11) is -3.31. The van der Waals surface area contributed by atoms with Crippen LogP contribution in [0.5, 0.6) is 0 Å². The van der Waals surface area contributed by atoms with E-state index in [0.717, 1.165) is 36.5 Å². The van der Waals surface area contributed by atoms with Crippen molar-refractivity contribution in [2.24, 2.45) is 0 Å². The maximum Gasteiger partial charge on any atom is 0.333 e. The van der Waals surface area contributed by atoms with E-state index in [4.69, 9.17) is 4.98 Å². The molecular formula is C30H26F2N8O2S. The number of rotatable bonds is 7. The third kappa shape index (κ3) is 4.82. The Morgan fingerprint density at radius 1 is 1.00 bits per heavy atom. The second-order valence-corrected chi connectivity index (χ2v) is 13.0.